The predicted octanol–water partition coefficient (Wildman–Crippen LogP) is 1.49. The maximum absolute atomic E-state index is 5.43. The number of guanidine groups is 1. The van der Waals surface area contributed by atoms with Crippen molar-refractivity contribution in [1.29, 1.82) is 0 Å². The van der Waals surface area contributed by atoms with Gasteiger partial charge in [0.25, 0.3) is 0 Å². The van der Waals surface area contributed by atoms with Crippen LogP contribution < -0.4 is 20.1 Å². The summed E-state index contributed by atoms with van der Waals surface area (Å²) < 4.78 is 10.8. The van der Waals surface area contributed by atoms with Crippen LogP contribution in [0, 0.1) is 12.3 Å². The van der Waals surface area contributed by atoms with Crippen LogP contribution in [-0.4, -0.2) is 32.9 Å². The summed E-state index contributed by atoms with van der Waals surface area (Å²) in [5, 5.41) is 6.32. The van der Waals surface area contributed by atoms with Gasteiger partial charge < -0.3 is 20.1 Å². The number of fused-ring (bicyclic) bond motifs is 1. The van der Waals surface area contributed by atoms with Gasteiger partial charge in [0, 0.05) is 19.0 Å². The summed E-state index contributed by atoms with van der Waals surface area (Å²) in [6.07, 6.45) is 5.24. The Bertz CT molecular complexity index is 573. The monoisotopic (exact) mass is 287 g/mol. The molecule has 0 aromatic heterocycles. The maximum Gasteiger partial charge on any atom is 0.231 e. The van der Waals surface area contributed by atoms with Crippen molar-refractivity contribution >= 4 is 5.96 Å². The quantitative estimate of drug-likeness (QED) is 0.500. The molecular formula is C16H21N3O2. The minimum absolute atomic E-state index is 0.0885. The number of terminal acetylenes is 1. The van der Waals surface area contributed by atoms with Crippen molar-refractivity contribution < 1.29 is 9.47 Å². The Morgan fingerprint density at radius 3 is 2.81 bits per heavy atom. The second kappa shape index (κ2) is 6.40. The molecule has 0 fully saturated rings. The smallest absolute Gasteiger partial charge is 0.231 e. The van der Waals surface area contributed by atoms with Crippen LogP contribution in [0.5, 0.6) is 11.5 Å². The zero-order chi connectivity index (χ0) is 15.3. The van der Waals surface area contributed by atoms with E-state index in [1.807, 2.05) is 12.1 Å². The summed E-state index contributed by atoms with van der Waals surface area (Å²) in [6, 6.07) is 6.04. The van der Waals surface area contributed by atoms with E-state index in [0.29, 0.717) is 19.3 Å². The van der Waals surface area contributed by atoms with Crippen LogP contribution in [0.15, 0.2) is 23.2 Å². The zero-order valence-corrected chi connectivity index (χ0v) is 12.7. The van der Waals surface area contributed by atoms with E-state index in [1.54, 1.807) is 7.05 Å². The average Bonchev–Trinajstić information content (AvgIpc) is 2.95. The topological polar surface area (TPSA) is 54.9 Å². The Balaban J connectivity index is 2.03. The molecule has 0 saturated carbocycles. The first-order valence-corrected chi connectivity index (χ1v) is 6.85. The fourth-order valence-electron chi connectivity index (χ4n) is 2.08. The Labute approximate surface area is 125 Å². The van der Waals surface area contributed by atoms with Crippen LogP contribution in [0.3, 0.4) is 0 Å². The van der Waals surface area contributed by atoms with E-state index in [1.165, 1.54) is 5.56 Å². The van der Waals surface area contributed by atoms with Gasteiger partial charge in [-0.1, -0.05) is 25.8 Å². The van der Waals surface area contributed by atoms with Crippen molar-refractivity contribution in [2.75, 3.05) is 26.9 Å². The predicted molar refractivity (Wildman–Crippen MR) is 83.8 cm³/mol. The summed E-state index contributed by atoms with van der Waals surface area (Å²) in [4.78, 5) is 4.13. The molecular weight excluding hydrogens is 266 g/mol. The lowest BCUT2D eigenvalue weighted by Gasteiger charge is -2.26. The fourth-order valence-corrected chi connectivity index (χ4v) is 2.08. The summed E-state index contributed by atoms with van der Waals surface area (Å²) in [6.45, 7) is 5.78. The molecule has 0 spiro atoms. The largest absolute Gasteiger partial charge is 0.454 e. The number of hydrogen-bond acceptors (Lipinski definition) is 3. The summed E-state index contributed by atoms with van der Waals surface area (Å²) in [7, 11) is 1.72. The van der Waals surface area contributed by atoms with Gasteiger partial charge in [-0.25, -0.2) is 0 Å². The van der Waals surface area contributed by atoms with E-state index in [9.17, 15) is 0 Å². The molecule has 2 rings (SSSR count). The highest BCUT2D eigenvalue weighted by Crippen LogP contribution is 2.36. The first-order chi connectivity index (χ1) is 10.1. The van der Waals surface area contributed by atoms with E-state index < -0.39 is 0 Å². The van der Waals surface area contributed by atoms with Gasteiger partial charge >= 0.3 is 0 Å². The Morgan fingerprint density at radius 2 is 2.10 bits per heavy atom. The maximum atomic E-state index is 5.43. The Kier molecular flexibility index (Phi) is 4.59. The van der Waals surface area contributed by atoms with Crippen LogP contribution in [0.4, 0.5) is 0 Å². The number of rotatable bonds is 4. The molecule has 21 heavy (non-hydrogen) atoms. The second-order valence-corrected chi connectivity index (χ2v) is 5.44. The molecule has 112 valence electrons. The zero-order valence-electron chi connectivity index (χ0n) is 12.7. The molecule has 0 aliphatic carbocycles. The van der Waals surface area contributed by atoms with Crippen molar-refractivity contribution in [3.63, 3.8) is 0 Å². The fraction of sp³-hybridized carbons (Fsp3) is 0.438. The SMILES string of the molecule is C#CCNC(=NC)NCC(C)(C)c1ccc2c(c1)OCO2. The lowest BCUT2D eigenvalue weighted by atomic mass is 9.84. The van der Waals surface area contributed by atoms with Crippen LogP contribution in [0.1, 0.15) is 19.4 Å². The average molecular weight is 287 g/mol. The molecule has 0 radical (unpaired) electrons. The molecule has 1 aromatic carbocycles. The van der Waals surface area contributed by atoms with Crippen LogP contribution in [0.25, 0.3) is 0 Å². The van der Waals surface area contributed by atoms with Gasteiger partial charge in [-0.3, -0.25) is 4.99 Å². The van der Waals surface area contributed by atoms with Crippen molar-refractivity contribution in [2.45, 2.75) is 19.3 Å². The highest BCUT2D eigenvalue weighted by atomic mass is 16.7. The lowest BCUT2D eigenvalue weighted by molar-refractivity contribution is 0.174. The third-order valence-electron chi connectivity index (χ3n) is 3.43. The summed E-state index contributed by atoms with van der Waals surface area (Å²) in [5.41, 5.74) is 1.08. The Morgan fingerprint density at radius 1 is 1.33 bits per heavy atom. The molecule has 5 nitrogen and oxygen atoms in total. The van der Waals surface area contributed by atoms with Crippen molar-refractivity contribution in [3.8, 4) is 23.8 Å². The molecule has 1 aliphatic rings. The molecule has 0 saturated heterocycles. The van der Waals surface area contributed by atoms with Gasteiger partial charge in [0.2, 0.25) is 6.79 Å². The molecule has 0 amide bonds. The summed E-state index contributed by atoms with van der Waals surface area (Å²) in [5.74, 6) is 4.82. The third kappa shape index (κ3) is 3.60. The van der Waals surface area contributed by atoms with E-state index >= 15 is 0 Å². The number of aliphatic imine (C=N–C) groups is 1. The van der Waals surface area contributed by atoms with E-state index in [2.05, 4.69) is 41.5 Å². The first-order valence-electron chi connectivity index (χ1n) is 6.85. The molecule has 1 aromatic rings. The molecule has 0 unspecified atom stereocenters. The van der Waals surface area contributed by atoms with E-state index in [-0.39, 0.29) is 5.41 Å². The minimum atomic E-state index is -0.0885. The van der Waals surface area contributed by atoms with Crippen LogP contribution >= 0.6 is 0 Å². The summed E-state index contributed by atoms with van der Waals surface area (Å²) >= 11 is 0. The van der Waals surface area contributed by atoms with Gasteiger partial charge in [0.05, 0.1) is 6.54 Å². The van der Waals surface area contributed by atoms with Crippen LogP contribution in [-0.2, 0) is 5.41 Å². The first kappa shape index (κ1) is 15.0. The lowest BCUT2D eigenvalue weighted by Crippen LogP contribution is -2.43. The van der Waals surface area contributed by atoms with Crippen molar-refractivity contribution in [3.05, 3.63) is 23.8 Å². The van der Waals surface area contributed by atoms with Crippen molar-refractivity contribution in [1.82, 2.24) is 10.6 Å². The minimum Gasteiger partial charge on any atom is -0.454 e. The third-order valence-corrected chi connectivity index (χ3v) is 3.43. The number of ether oxygens (including phenoxy) is 2. The van der Waals surface area contributed by atoms with Gasteiger partial charge in [-0.15, -0.1) is 6.42 Å². The van der Waals surface area contributed by atoms with Gasteiger partial charge in [0.15, 0.2) is 17.5 Å². The van der Waals surface area contributed by atoms with Gasteiger partial charge in [0.1, 0.15) is 0 Å². The number of nitrogens with zero attached hydrogens (tertiary/aromatic N) is 1. The van der Waals surface area contributed by atoms with Gasteiger partial charge in [-0.2, -0.15) is 0 Å². The van der Waals surface area contributed by atoms with E-state index in [0.717, 1.165) is 18.0 Å². The molecule has 0 atom stereocenters. The number of nitrogens with one attached hydrogen (secondary N) is 2. The second-order valence-electron chi connectivity index (χ2n) is 5.44. The molecule has 1 aliphatic heterocycles. The Hall–Kier alpha value is -2.35. The highest BCUT2D eigenvalue weighted by Gasteiger charge is 2.24. The van der Waals surface area contributed by atoms with Crippen LogP contribution in [0.2, 0.25) is 0 Å². The molecule has 5 heteroatoms. The normalized spacial score (nSPS) is 13.7. The molecule has 0 bridgehead atoms. The molecule has 1 heterocycles. The molecule has 2 N–H and O–H groups in total. The standard InChI is InChI=1S/C16H21N3O2/c1-5-8-18-15(17-4)19-10-16(2,3)12-6-7-13-14(9-12)21-11-20-13/h1,6-7,9H,8,10-11H2,2-4H3,(H2,17,18,19). The number of benzene rings is 1. The highest BCUT2D eigenvalue weighted by molar-refractivity contribution is 5.80. The van der Waals surface area contributed by atoms with Crippen molar-refractivity contribution in [2.24, 2.45) is 4.99 Å². The number of hydrogen-bond donors (Lipinski definition) is 2. The van der Waals surface area contributed by atoms with Gasteiger partial charge in [-0.05, 0) is 17.7 Å². The van der Waals surface area contributed by atoms with E-state index in [4.69, 9.17) is 15.9 Å².